The number of benzene rings is 2. The number of carbonyl (C=O) groups is 1. The van der Waals surface area contributed by atoms with E-state index in [4.69, 9.17) is 9.47 Å². The summed E-state index contributed by atoms with van der Waals surface area (Å²) in [6.07, 6.45) is 0. The van der Waals surface area contributed by atoms with Crippen LogP contribution in [0.25, 0.3) is 0 Å². The highest BCUT2D eigenvalue weighted by Gasteiger charge is 2.25. The number of rotatable bonds is 8. The van der Waals surface area contributed by atoms with Gasteiger partial charge in [0.05, 0.1) is 19.8 Å². The summed E-state index contributed by atoms with van der Waals surface area (Å²) < 4.78 is 10.7. The lowest BCUT2D eigenvalue weighted by molar-refractivity contribution is 0.0706. The Hall–Kier alpha value is -3.58. The summed E-state index contributed by atoms with van der Waals surface area (Å²) in [6.45, 7) is 3.04. The first-order valence-corrected chi connectivity index (χ1v) is 9.47. The molecule has 0 atom stereocenters. The number of amides is 1. The summed E-state index contributed by atoms with van der Waals surface area (Å²) in [6, 6.07) is 19.6. The topological polar surface area (TPSA) is 83.9 Å². The van der Waals surface area contributed by atoms with Crippen LogP contribution in [0.1, 0.15) is 27.0 Å². The Bertz CT molecular complexity index is 991. The van der Waals surface area contributed by atoms with Crippen LogP contribution in [-0.4, -0.2) is 30.3 Å². The van der Waals surface area contributed by atoms with E-state index < -0.39 is 5.91 Å². The lowest BCUT2D eigenvalue weighted by atomic mass is 10.1. The lowest BCUT2D eigenvalue weighted by Crippen LogP contribution is -2.28. The normalized spacial score (nSPS) is 10.4. The molecule has 0 aliphatic heterocycles. The average Bonchev–Trinajstić information content (AvgIpc) is 2.79. The van der Waals surface area contributed by atoms with Crippen molar-refractivity contribution in [3.8, 4) is 11.8 Å². The van der Waals surface area contributed by atoms with Crippen LogP contribution in [0.3, 0.4) is 0 Å². The van der Waals surface area contributed by atoms with Crippen LogP contribution in [0.5, 0.6) is 11.8 Å². The maximum Gasteiger partial charge on any atom is 0.277 e. The number of aromatic nitrogens is 1. The van der Waals surface area contributed by atoms with Crippen molar-refractivity contribution in [2.45, 2.75) is 20.0 Å². The minimum atomic E-state index is -0.675. The molecule has 0 saturated carbocycles. The fraction of sp³-hybridized carbons (Fsp3) is 0.217. The smallest absolute Gasteiger partial charge is 0.277 e. The minimum Gasteiger partial charge on any atom is -0.481 e. The summed E-state index contributed by atoms with van der Waals surface area (Å²) in [5.74, 6) is -0.230. The molecule has 0 aliphatic rings. The zero-order valence-electron chi connectivity index (χ0n) is 17.3. The number of ether oxygens (including phenoxy) is 2. The summed E-state index contributed by atoms with van der Waals surface area (Å²) in [5.41, 5.74) is 5.65. The molecule has 0 saturated heterocycles. The van der Waals surface area contributed by atoms with Crippen molar-refractivity contribution in [2.75, 3.05) is 19.1 Å². The van der Waals surface area contributed by atoms with Crippen molar-refractivity contribution in [3.05, 3.63) is 82.9 Å². The Morgan fingerprint density at radius 2 is 1.63 bits per heavy atom. The molecule has 0 bridgehead atoms. The zero-order chi connectivity index (χ0) is 21.5. The number of methoxy groups -OCH3 is 2. The minimum absolute atomic E-state index is 0.198. The standard InChI is InChI=1S/C23H25N3O4/c1-16-9-11-18(12-10-16)15-26(14-17-7-5-4-6-8-17)21-19(22(27)25-28)13-20(29-2)24-23(21)30-3/h4-13,28H,14-15H2,1-3H3,(H,25,27). The van der Waals surface area contributed by atoms with Gasteiger partial charge in [-0.2, -0.15) is 4.98 Å². The number of hydroxylamine groups is 1. The molecule has 7 nitrogen and oxygen atoms in total. The van der Waals surface area contributed by atoms with E-state index in [1.165, 1.54) is 20.3 Å². The Labute approximate surface area is 175 Å². The van der Waals surface area contributed by atoms with E-state index in [0.29, 0.717) is 18.8 Å². The largest absolute Gasteiger partial charge is 0.481 e. The van der Waals surface area contributed by atoms with Crippen LogP contribution in [0.4, 0.5) is 5.69 Å². The molecule has 3 rings (SSSR count). The van der Waals surface area contributed by atoms with Crippen LogP contribution < -0.4 is 19.9 Å². The Morgan fingerprint density at radius 3 is 2.20 bits per heavy atom. The predicted molar refractivity (Wildman–Crippen MR) is 114 cm³/mol. The Kier molecular flexibility index (Phi) is 6.87. The molecule has 0 radical (unpaired) electrons. The van der Waals surface area contributed by atoms with Crippen molar-refractivity contribution in [1.29, 1.82) is 0 Å². The number of nitrogens with one attached hydrogen (secondary N) is 1. The monoisotopic (exact) mass is 407 g/mol. The van der Waals surface area contributed by atoms with Gasteiger partial charge in [-0.05, 0) is 18.1 Å². The highest BCUT2D eigenvalue weighted by Crippen LogP contribution is 2.35. The quantitative estimate of drug-likeness (QED) is 0.437. The lowest BCUT2D eigenvalue weighted by Gasteiger charge is -2.28. The molecule has 0 aliphatic carbocycles. The molecule has 1 heterocycles. The summed E-state index contributed by atoms with van der Waals surface area (Å²) in [4.78, 5) is 18.9. The van der Waals surface area contributed by atoms with Gasteiger partial charge in [-0.1, -0.05) is 60.2 Å². The molecule has 0 spiro atoms. The number of aryl methyl sites for hydroxylation is 1. The molecule has 2 N–H and O–H groups in total. The van der Waals surface area contributed by atoms with Gasteiger partial charge in [0.25, 0.3) is 5.91 Å². The van der Waals surface area contributed by atoms with Crippen LogP contribution in [0.15, 0.2) is 60.7 Å². The van der Waals surface area contributed by atoms with Gasteiger partial charge in [0.15, 0.2) is 0 Å². The second-order valence-electron chi connectivity index (χ2n) is 6.84. The number of carbonyl (C=O) groups excluding carboxylic acids is 1. The van der Waals surface area contributed by atoms with E-state index in [1.807, 2.05) is 66.4 Å². The molecule has 0 fully saturated rings. The maximum absolute atomic E-state index is 12.5. The molecule has 156 valence electrons. The number of pyridine rings is 1. The second-order valence-corrected chi connectivity index (χ2v) is 6.84. The van der Waals surface area contributed by atoms with E-state index in [1.54, 1.807) is 5.48 Å². The first kappa shape index (κ1) is 21.1. The van der Waals surface area contributed by atoms with Gasteiger partial charge in [0, 0.05) is 19.2 Å². The molecule has 7 heteroatoms. The Balaban J connectivity index is 2.13. The second kappa shape index (κ2) is 9.76. The number of anilines is 1. The highest BCUT2D eigenvalue weighted by atomic mass is 16.5. The third-order valence-corrected chi connectivity index (χ3v) is 4.71. The molecule has 1 aromatic heterocycles. The molecule has 3 aromatic rings. The third-order valence-electron chi connectivity index (χ3n) is 4.71. The number of hydrogen-bond donors (Lipinski definition) is 2. The van der Waals surface area contributed by atoms with Crippen LogP contribution in [0.2, 0.25) is 0 Å². The van der Waals surface area contributed by atoms with Gasteiger partial charge in [-0.25, -0.2) is 5.48 Å². The highest BCUT2D eigenvalue weighted by molar-refractivity contribution is 6.00. The van der Waals surface area contributed by atoms with Gasteiger partial charge in [0.1, 0.15) is 5.69 Å². The van der Waals surface area contributed by atoms with E-state index in [-0.39, 0.29) is 17.3 Å². The molecule has 1 amide bonds. The van der Waals surface area contributed by atoms with Gasteiger partial charge >= 0.3 is 0 Å². The summed E-state index contributed by atoms with van der Waals surface area (Å²) >= 11 is 0. The van der Waals surface area contributed by atoms with Crippen molar-refractivity contribution in [2.24, 2.45) is 0 Å². The fourth-order valence-electron chi connectivity index (χ4n) is 3.21. The SMILES string of the molecule is COc1cc(C(=O)NO)c(N(Cc2ccccc2)Cc2ccc(C)cc2)c(OC)n1. The average molecular weight is 407 g/mol. The van der Waals surface area contributed by atoms with Crippen molar-refractivity contribution >= 4 is 11.6 Å². The van der Waals surface area contributed by atoms with Gasteiger partial charge in [0.2, 0.25) is 11.8 Å². The molecular formula is C23H25N3O4. The first-order chi connectivity index (χ1) is 14.5. The van der Waals surface area contributed by atoms with Gasteiger partial charge in [-0.3, -0.25) is 10.0 Å². The van der Waals surface area contributed by atoms with Crippen LogP contribution in [-0.2, 0) is 13.1 Å². The number of nitrogens with zero attached hydrogens (tertiary/aromatic N) is 2. The molecule has 2 aromatic carbocycles. The van der Waals surface area contributed by atoms with Crippen LogP contribution >= 0.6 is 0 Å². The van der Waals surface area contributed by atoms with E-state index in [2.05, 4.69) is 4.98 Å². The predicted octanol–water partition coefficient (Wildman–Crippen LogP) is 3.73. The van der Waals surface area contributed by atoms with E-state index >= 15 is 0 Å². The summed E-state index contributed by atoms with van der Waals surface area (Å²) in [7, 11) is 2.94. The van der Waals surface area contributed by atoms with Crippen molar-refractivity contribution in [3.63, 3.8) is 0 Å². The molecule has 0 unspecified atom stereocenters. The third kappa shape index (κ3) is 4.87. The zero-order valence-corrected chi connectivity index (χ0v) is 17.3. The number of hydrogen-bond acceptors (Lipinski definition) is 6. The van der Waals surface area contributed by atoms with Crippen molar-refractivity contribution < 1.29 is 19.5 Å². The van der Waals surface area contributed by atoms with Crippen LogP contribution in [0, 0.1) is 6.92 Å². The first-order valence-electron chi connectivity index (χ1n) is 9.47. The van der Waals surface area contributed by atoms with E-state index in [0.717, 1.165) is 16.7 Å². The van der Waals surface area contributed by atoms with E-state index in [9.17, 15) is 10.0 Å². The summed E-state index contributed by atoms with van der Waals surface area (Å²) in [5, 5.41) is 9.31. The fourth-order valence-corrected chi connectivity index (χ4v) is 3.21. The van der Waals surface area contributed by atoms with Gasteiger partial charge in [-0.15, -0.1) is 0 Å². The molecular weight excluding hydrogens is 382 g/mol. The molecule has 30 heavy (non-hydrogen) atoms. The van der Waals surface area contributed by atoms with Gasteiger partial charge < -0.3 is 14.4 Å². The van der Waals surface area contributed by atoms with Crippen molar-refractivity contribution in [1.82, 2.24) is 10.5 Å². The Morgan fingerprint density at radius 1 is 1.00 bits per heavy atom. The maximum atomic E-state index is 12.5.